The average molecular weight is 319 g/mol. The Bertz CT molecular complexity index is 442. The number of hydrogen-bond acceptors (Lipinski definition) is 3. The molecule has 0 bridgehead atoms. The number of β-lactam (4-membered cyclic amide) rings is 2. The standard InChI is InChI=1S/C13H12NO3.Y/c15-9-11-5-3-10(4-6-11)2-1-7-14-12(16)8-13(14)17;/h3,5-6,9H,1-2,7-8H2;/q-1;. The van der Waals surface area contributed by atoms with Gasteiger partial charge in [0.1, 0.15) is 6.42 Å². The molecule has 0 saturated carbocycles. The Balaban J connectivity index is 0.00000162. The number of rotatable bonds is 5. The van der Waals surface area contributed by atoms with Gasteiger partial charge in [-0.1, -0.05) is 5.56 Å². The van der Waals surface area contributed by atoms with Crippen LogP contribution in [0.2, 0.25) is 0 Å². The van der Waals surface area contributed by atoms with Crippen molar-refractivity contribution in [2.45, 2.75) is 19.3 Å². The van der Waals surface area contributed by atoms with E-state index in [0.29, 0.717) is 12.1 Å². The first kappa shape index (κ1) is 15.2. The van der Waals surface area contributed by atoms with Gasteiger partial charge in [-0.25, -0.2) is 0 Å². The van der Waals surface area contributed by atoms with Crippen molar-refractivity contribution in [3.05, 3.63) is 35.4 Å². The number of amides is 2. The van der Waals surface area contributed by atoms with Crippen molar-refractivity contribution in [1.29, 1.82) is 0 Å². The third-order valence-electron chi connectivity index (χ3n) is 2.77. The molecule has 1 aliphatic heterocycles. The van der Waals surface area contributed by atoms with Gasteiger partial charge in [0.15, 0.2) is 0 Å². The third-order valence-corrected chi connectivity index (χ3v) is 2.77. The number of nitrogens with zero attached hydrogens (tertiary/aromatic N) is 1. The first-order valence-corrected chi connectivity index (χ1v) is 5.49. The molecule has 0 spiro atoms. The summed E-state index contributed by atoms with van der Waals surface area (Å²) in [6, 6.07) is 8.21. The van der Waals surface area contributed by atoms with E-state index in [-0.39, 0.29) is 50.9 Å². The van der Waals surface area contributed by atoms with Crippen molar-refractivity contribution < 1.29 is 47.1 Å². The fourth-order valence-corrected chi connectivity index (χ4v) is 1.74. The van der Waals surface area contributed by atoms with Crippen LogP contribution in [-0.4, -0.2) is 29.5 Å². The van der Waals surface area contributed by atoms with E-state index in [1.807, 2.05) is 6.07 Å². The molecule has 0 aromatic heterocycles. The second-order valence-electron chi connectivity index (χ2n) is 3.98. The predicted octanol–water partition coefficient (Wildman–Crippen LogP) is 0.988. The molecule has 2 amide bonds. The fraction of sp³-hybridized carbons (Fsp3) is 0.308. The summed E-state index contributed by atoms with van der Waals surface area (Å²) in [5.74, 6) is -0.175. The molecule has 5 heteroatoms. The van der Waals surface area contributed by atoms with E-state index in [9.17, 15) is 14.4 Å². The second kappa shape index (κ2) is 6.90. The SMILES string of the molecule is O=Cc1c[c-]c(CCCN2C(=O)CC2=O)cc1.[Y]. The van der Waals surface area contributed by atoms with Crippen molar-refractivity contribution in [2.24, 2.45) is 0 Å². The van der Waals surface area contributed by atoms with Crippen LogP contribution in [0.15, 0.2) is 18.2 Å². The quantitative estimate of drug-likeness (QED) is 0.352. The summed E-state index contributed by atoms with van der Waals surface area (Å²) in [6.45, 7) is 0.473. The molecule has 4 nitrogen and oxygen atoms in total. The zero-order valence-corrected chi connectivity index (χ0v) is 12.7. The van der Waals surface area contributed by atoms with E-state index < -0.39 is 0 Å². The largest absolute Gasteiger partial charge is 0.312 e. The molecule has 1 radical (unpaired) electrons. The van der Waals surface area contributed by atoms with Crippen LogP contribution in [-0.2, 0) is 48.7 Å². The van der Waals surface area contributed by atoms with Crippen LogP contribution in [0.3, 0.4) is 0 Å². The van der Waals surface area contributed by atoms with Gasteiger partial charge in [0, 0.05) is 39.3 Å². The minimum atomic E-state index is -0.0877. The number of carbonyl (C=O) groups is 3. The summed E-state index contributed by atoms with van der Waals surface area (Å²) < 4.78 is 0. The van der Waals surface area contributed by atoms with E-state index in [0.717, 1.165) is 24.7 Å². The molecule has 1 aromatic carbocycles. The minimum Gasteiger partial charge on any atom is -0.312 e. The van der Waals surface area contributed by atoms with Crippen LogP contribution in [0, 0.1) is 6.07 Å². The third kappa shape index (κ3) is 3.56. The Morgan fingerprint density at radius 3 is 2.50 bits per heavy atom. The van der Waals surface area contributed by atoms with E-state index in [4.69, 9.17) is 0 Å². The summed E-state index contributed by atoms with van der Waals surface area (Å²) in [4.78, 5) is 33.8. The maximum Gasteiger partial charge on any atom is 0.238 e. The average Bonchev–Trinajstić information content (AvgIpc) is 2.35. The van der Waals surface area contributed by atoms with Crippen molar-refractivity contribution in [1.82, 2.24) is 4.90 Å². The zero-order chi connectivity index (χ0) is 12.3. The van der Waals surface area contributed by atoms with E-state index >= 15 is 0 Å². The van der Waals surface area contributed by atoms with E-state index in [1.54, 1.807) is 12.1 Å². The predicted molar refractivity (Wildman–Crippen MR) is 60.3 cm³/mol. The van der Waals surface area contributed by atoms with Gasteiger partial charge in [-0.15, -0.1) is 0 Å². The molecule has 0 N–H and O–H groups in total. The van der Waals surface area contributed by atoms with Crippen molar-refractivity contribution in [3.63, 3.8) is 0 Å². The molecule has 91 valence electrons. The number of carbonyl (C=O) groups excluding carboxylic acids is 3. The summed E-state index contributed by atoms with van der Waals surface area (Å²) in [7, 11) is 0. The van der Waals surface area contributed by atoms with Gasteiger partial charge >= 0.3 is 0 Å². The number of hydrogen-bond donors (Lipinski definition) is 0. The Labute approximate surface area is 131 Å². The van der Waals surface area contributed by atoms with Gasteiger partial charge in [-0.3, -0.25) is 14.5 Å². The van der Waals surface area contributed by atoms with Crippen molar-refractivity contribution in [3.8, 4) is 0 Å². The van der Waals surface area contributed by atoms with Crippen LogP contribution >= 0.6 is 0 Å². The molecule has 1 aliphatic rings. The molecule has 0 atom stereocenters. The fourth-order valence-electron chi connectivity index (χ4n) is 1.74. The monoisotopic (exact) mass is 319 g/mol. The van der Waals surface area contributed by atoms with Gasteiger partial charge in [-0.05, 0) is 12.8 Å². The smallest absolute Gasteiger partial charge is 0.238 e. The summed E-state index contributed by atoms with van der Waals surface area (Å²) in [6.07, 6.45) is 2.31. The molecule has 1 aromatic rings. The summed E-state index contributed by atoms with van der Waals surface area (Å²) >= 11 is 0. The Kier molecular flexibility index (Phi) is 5.83. The Morgan fingerprint density at radius 2 is 2.00 bits per heavy atom. The molecule has 1 saturated heterocycles. The van der Waals surface area contributed by atoms with E-state index in [1.165, 1.54) is 4.90 Å². The van der Waals surface area contributed by atoms with Gasteiger partial charge in [0.05, 0.1) is 6.29 Å². The van der Waals surface area contributed by atoms with Crippen molar-refractivity contribution >= 4 is 18.1 Å². The van der Waals surface area contributed by atoms with Gasteiger partial charge in [0.25, 0.3) is 0 Å². The normalized spacial score (nSPS) is 13.9. The molecule has 18 heavy (non-hydrogen) atoms. The summed E-state index contributed by atoms with van der Waals surface area (Å²) in [5.41, 5.74) is 1.58. The molecular formula is C13H12NO3Y-. The zero-order valence-electron chi connectivity index (χ0n) is 9.89. The maximum absolute atomic E-state index is 11.0. The van der Waals surface area contributed by atoms with Crippen LogP contribution in [0.25, 0.3) is 0 Å². The molecule has 1 fully saturated rings. The molecule has 0 aliphatic carbocycles. The maximum atomic E-state index is 11.0. The first-order valence-electron chi connectivity index (χ1n) is 5.49. The molecule has 1 heterocycles. The van der Waals surface area contributed by atoms with Crippen LogP contribution < -0.4 is 0 Å². The van der Waals surface area contributed by atoms with Crippen molar-refractivity contribution in [2.75, 3.05) is 6.54 Å². The summed E-state index contributed by atoms with van der Waals surface area (Å²) in [5, 5.41) is 0. The first-order chi connectivity index (χ1) is 8.20. The molecule has 0 unspecified atom stereocenters. The molecule has 2 rings (SSSR count). The van der Waals surface area contributed by atoms with E-state index in [2.05, 4.69) is 6.07 Å². The number of aryl methyl sites for hydroxylation is 1. The van der Waals surface area contributed by atoms with Crippen LogP contribution in [0.4, 0.5) is 0 Å². The Morgan fingerprint density at radius 1 is 1.28 bits per heavy atom. The molecular weight excluding hydrogens is 307 g/mol. The number of benzene rings is 1. The number of imide groups is 1. The van der Waals surface area contributed by atoms with Crippen LogP contribution in [0.1, 0.15) is 28.8 Å². The van der Waals surface area contributed by atoms with Gasteiger partial charge in [0.2, 0.25) is 11.8 Å². The van der Waals surface area contributed by atoms with Crippen LogP contribution in [0.5, 0.6) is 0 Å². The van der Waals surface area contributed by atoms with Gasteiger partial charge in [-0.2, -0.15) is 29.8 Å². The second-order valence-corrected chi connectivity index (χ2v) is 3.98. The topological polar surface area (TPSA) is 54.5 Å². The van der Waals surface area contributed by atoms with Gasteiger partial charge < -0.3 is 4.79 Å². The number of aldehydes is 1. The minimum absolute atomic E-state index is 0. The number of likely N-dealkylation sites (tertiary alicyclic amines) is 1. The Hall–Kier alpha value is -0.866.